The highest BCUT2D eigenvalue weighted by atomic mass is 16.6. The number of nitrogens with one attached hydrogen (secondary N) is 1. The zero-order valence-electron chi connectivity index (χ0n) is 26.0. The summed E-state index contributed by atoms with van der Waals surface area (Å²) in [6.45, 7) is 4.43. The topological polar surface area (TPSA) is 94.3 Å². The Morgan fingerprint density at radius 2 is 1.67 bits per heavy atom. The minimum Gasteiger partial charge on any atom is -0.445 e. The van der Waals surface area contributed by atoms with E-state index in [9.17, 15) is 9.59 Å². The Hall–Kier alpha value is -5.44. The molecular formula is C37H36N6O3. The summed E-state index contributed by atoms with van der Waals surface area (Å²) in [6, 6.07) is 28.2. The van der Waals surface area contributed by atoms with Gasteiger partial charge in [-0.25, -0.2) is 14.6 Å². The van der Waals surface area contributed by atoms with Crippen LogP contribution in [0.15, 0.2) is 102 Å². The van der Waals surface area contributed by atoms with Crippen molar-refractivity contribution in [3.05, 3.63) is 119 Å². The molecule has 1 aliphatic heterocycles. The fourth-order valence-electron chi connectivity index (χ4n) is 6.37. The first kappa shape index (κ1) is 29.3. The van der Waals surface area contributed by atoms with E-state index in [-0.39, 0.29) is 18.4 Å². The van der Waals surface area contributed by atoms with Gasteiger partial charge in [0.15, 0.2) is 0 Å². The van der Waals surface area contributed by atoms with Crippen molar-refractivity contribution in [2.75, 3.05) is 25.0 Å². The van der Waals surface area contributed by atoms with Crippen LogP contribution >= 0.6 is 0 Å². The monoisotopic (exact) mass is 612 g/mol. The average Bonchev–Trinajstić information content (AvgIpc) is 3.37. The summed E-state index contributed by atoms with van der Waals surface area (Å²) in [6.07, 6.45) is 5.09. The van der Waals surface area contributed by atoms with Gasteiger partial charge < -0.3 is 15.0 Å². The Bertz CT molecular complexity index is 2060. The van der Waals surface area contributed by atoms with E-state index in [0.717, 1.165) is 69.5 Å². The van der Waals surface area contributed by atoms with E-state index in [2.05, 4.69) is 39.6 Å². The van der Waals surface area contributed by atoms with Crippen molar-refractivity contribution in [2.24, 2.45) is 7.05 Å². The molecule has 46 heavy (non-hydrogen) atoms. The van der Waals surface area contributed by atoms with Crippen molar-refractivity contribution in [2.45, 2.75) is 32.3 Å². The Kier molecular flexibility index (Phi) is 7.97. The van der Waals surface area contributed by atoms with Gasteiger partial charge in [-0.2, -0.15) is 0 Å². The minimum atomic E-state index is -0.264. The third-order valence-electron chi connectivity index (χ3n) is 8.92. The maximum Gasteiger partial charge on any atom is 0.410 e. The Morgan fingerprint density at radius 1 is 0.913 bits per heavy atom. The van der Waals surface area contributed by atoms with Crippen LogP contribution in [0.4, 0.5) is 10.6 Å². The quantitative estimate of drug-likeness (QED) is 0.211. The Balaban J connectivity index is 1.13. The van der Waals surface area contributed by atoms with Crippen molar-refractivity contribution in [3.63, 3.8) is 0 Å². The fourth-order valence-corrected chi connectivity index (χ4v) is 6.37. The number of carbonyl (C=O) groups is 1. The number of ether oxygens (including phenoxy) is 1. The highest BCUT2D eigenvalue weighted by Crippen LogP contribution is 2.32. The number of hydrogen-bond acceptors (Lipinski definition) is 6. The first-order chi connectivity index (χ1) is 22.5. The van der Waals surface area contributed by atoms with Gasteiger partial charge >= 0.3 is 11.8 Å². The molecule has 232 valence electrons. The normalized spacial score (nSPS) is 13.7. The first-order valence-electron chi connectivity index (χ1n) is 15.8. The molecule has 0 saturated carbocycles. The Labute approximate surface area is 267 Å². The molecule has 1 saturated heterocycles. The van der Waals surface area contributed by atoms with Gasteiger partial charge in [-0.1, -0.05) is 48.5 Å². The number of piperidine rings is 1. The van der Waals surface area contributed by atoms with Crippen LogP contribution in [0, 0.1) is 0 Å². The summed E-state index contributed by atoms with van der Waals surface area (Å²) >= 11 is 0. The molecule has 0 unspecified atom stereocenters. The summed E-state index contributed by atoms with van der Waals surface area (Å²) in [7, 11) is 1.79. The molecule has 0 radical (unpaired) electrons. The molecule has 1 N–H and O–H groups in total. The van der Waals surface area contributed by atoms with Crippen LogP contribution in [0.2, 0.25) is 0 Å². The van der Waals surface area contributed by atoms with E-state index in [4.69, 9.17) is 4.74 Å². The molecule has 9 heteroatoms. The number of benzene rings is 3. The third kappa shape index (κ3) is 5.60. The van der Waals surface area contributed by atoms with Crippen molar-refractivity contribution < 1.29 is 9.53 Å². The van der Waals surface area contributed by atoms with Gasteiger partial charge in [0, 0.05) is 43.8 Å². The summed E-state index contributed by atoms with van der Waals surface area (Å²) in [5, 5.41) is 4.13. The maximum atomic E-state index is 13.6. The molecule has 3 aromatic heterocycles. The van der Waals surface area contributed by atoms with Crippen LogP contribution in [0.5, 0.6) is 0 Å². The molecule has 0 atom stereocenters. The second kappa shape index (κ2) is 12.5. The highest BCUT2D eigenvalue weighted by molar-refractivity contribution is 6.04. The number of fused-ring (bicyclic) bond motifs is 3. The molecule has 1 fully saturated rings. The number of nitrogens with zero attached hydrogens (tertiary/aromatic N) is 5. The number of hydrogen-bond donors (Lipinski definition) is 1. The predicted molar refractivity (Wildman–Crippen MR) is 181 cm³/mol. The number of pyridine rings is 2. The van der Waals surface area contributed by atoms with E-state index in [1.165, 1.54) is 5.56 Å². The number of aromatic nitrogens is 4. The number of rotatable bonds is 7. The lowest BCUT2D eigenvalue weighted by Crippen LogP contribution is -2.38. The van der Waals surface area contributed by atoms with Gasteiger partial charge in [0.25, 0.3) is 0 Å². The highest BCUT2D eigenvalue weighted by Gasteiger charge is 2.25. The average molecular weight is 613 g/mol. The molecule has 0 bridgehead atoms. The van der Waals surface area contributed by atoms with E-state index in [1.807, 2.05) is 73.8 Å². The number of likely N-dealkylation sites (tertiary alicyclic amines) is 1. The summed E-state index contributed by atoms with van der Waals surface area (Å²) in [4.78, 5) is 37.3. The number of imidazole rings is 1. The van der Waals surface area contributed by atoms with Crippen molar-refractivity contribution >= 4 is 33.8 Å². The lowest BCUT2D eigenvalue weighted by Gasteiger charge is -2.31. The predicted octanol–water partition coefficient (Wildman–Crippen LogP) is 6.89. The van der Waals surface area contributed by atoms with Gasteiger partial charge in [0.05, 0.1) is 28.4 Å². The zero-order chi connectivity index (χ0) is 31.6. The number of carbonyl (C=O) groups excluding carboxylic acids is 1. The molecule has 0 spiro atoms. The van der Waals surface area contributed by atoms with Crippen molar-refractivity contribution in [1.82, 2.24) is 24.0 Å². The molecule has 9 nitrogen and oxygen atoms in total. The molecule has 4 heterocycles. The first-order valence-corrected chi connectivity index (χ1v) is 15.8. The molecular weight excluding hydrogens is 576 g/mol. The third-order valence-corrected chi connectivity index (χ3v) is 8.92. The lowest BCUT2D eigenvalue weighted by atomic mass is 9.89. The number of aryl methyl sites for hydroxylation is 1. The largest absolute Gasteiger partial charge is 0.445 e. The molecule has 3 aromatic carbocycles. The van der Waals surface area contributed by atoms with E-state index < -0.39 is 0 Å². The standard InChI is InChI=1S/C37H36N6O3/c1-3-38-34-16-12-29(22-40-34)28-11-15-32-31(21-28)35-33(23-39-32)41(2)36(44)43(35)30-13-9-26(10-14-30)27-17-19-42(20-18-27)37(45)46-24-25-7-5-4-6-8-25/h4-16,21-23,27H,3,17-20,24H2,1-2H3,(H,38,40). The SMILES string of the molecule is CCNc1ccc(-c2ccc3ncc4c(c3c2)n(-c2ccc(C3CCN(C(=O)OCc5ccccc5)CC3)cc2)c(=O)n4C)cn1. The van der Waals surface area contributed by atoms with Gasteiger partial charge in [-0.3, -0.25) is 14.1 Å². The second-order valence-corrected chi connectivity index (χ2v) is 11.8. The minimum absolute atomic E-state index is 0.124. The lowest BCUT2D eigenvalue weighted by molar-refractivity contribution is 0.0870. The fraction of sp³-hybridized carbons (Fsp3) is 0.243. The van der Waals surface area contributed by atoms with Crippen LogP contribution in [-0.2, 0) is 18.4 Å². The summed E-state index contributed by atoms with van der Waals surface area (Å²) < 4.78 is 8.98. The zero-order valence-corrected chi connectivity index (χ0v) is 26.0. The van der Waals surface area contributed by atoms with E-state index in [0.29, 0.717) is 19.0 Å². The molecule has 0 aliphatic carbocycles. The van der Waals surface area contributed by atoms with Gasteiger partial charge in [-0.05, 0) is 78.8 Å². The van der Waals surface area contributed by atoms with Crippen LogP contribution in [0.3, 0.4) is 0 Å². The van der Waals surface area contributed by atoms with Crippen LogP contribution in [0.1, 0.15) is 36.8 Å². The molecule has 6 aromatic rings. The molecule has 1 amide bonds. The van der Waals surface area contributed by atoms with Crippen LogP contribution < -0.4 is 11.0 Å². The van der Waals surface area contributed by atoms with Gasteiger partial charge in [0.1, 0.15) is 12.4 Å². The summed E-state index contributed by atoms with van der Waals surface area (Å²) in [5.41, 5.74) is 7.27. The van der Waals surface area contributed by atoms with Crippen LogP contribution in [0.25, 0.3) is 38.8 Å². The second-order valence-electron chi connectivity index (χ2n) is 11.8. The van der Waals surface area contributed by atoms with Crippen molar-refractivity contribution in [1.29, 1.82) is 0 Å². The molecule has 1 aliphatic rings. The number of anilines is 1. The summed E-state index contributed by atoms with van der Waals surface area (Å²) in [5.74, 6) is 1.17. The van der Waals surface area contributed by atoms with Gasteiger partial charge in [0.2, 0.25) is 0 Å². The number of amides is 1. The van der Waals surface area contributed by atoms with Gasteiger partial charge in [-0.15, -0.1) is 0 Å². The smallest absolute Gasteiger partial charge is 0.410 e. The Morgan fingerprint density at radius 3 is 2.39 bits per heavy atom. The maximum absolute atomic E-state index is 13.6. The molecule has 7 rings (SSSR count). The van der Waals surface area contributed by atoms with E-state index >= 15 is 0 Å². The van der Waals surface area contributed by atoms with E-state index in [1.54, 1.807) is 27.3 Å². The van der Waals surface area contributed by atoms with Crippen LogP contribution in [-0.4, -0.2) is 49.7 Å². The van der Waals surface area contributed by atoms with Crippen molar-refractivity contribution in [3.8, 4) is 16.8 Å².